The lowest BCUT2D eigenvalue weighted by molar-refractivity contribution is 1.07. The molecule has 0 bridgehead atoms. The number of hydrogen-bond donors (Lipinski definition) is 0. The van der Waals surface area contributed by atoms with E-state index >= 15 is 0 Å². The fraction of sp³-hybridized carbons (Fsp3) is 0. The van der Waals surface area contributed by atoms with Crippen LogP contribution in [0.1, 0.15) is 15.1 Å². The molecule has 0 atom stereocenters. The van der Waals surface area contributed by atoms with Crippen LogP contribution in [0.15, 0.2) is 200 Å². The summed E-state index contributed by atoms with van der Waals surface area (Å²) in [7, 11) is 0. The molecule has 0 aliphatic carbocycles. The normalized spacial score (nSPS) is 14.2. The van der Waals surface area contributed by atoms with Crippen LogP contribution in [0.2, 0.25) is 0 Å². The van der Waals surface area contributed by atoms with Crippen molar-refractivity contribution in [1.29, 1.82) is 0 Å². The van der Waals surface area contributed by atoms with E-state index in [-0.39, 0.29) is 50.0 Å². The van der Waals surface area contributed by atoms with E-state index in [0.717, 1.165) is 27.8 Å². The quantitative estimate of drug-likeness (QED) is 0.162. The van der Waals surface area contributed by atoms with Crippen molar-refractivity contribution in [1.82, 2.24) is 15.0 Å². The highest BCUT2D eigenvalue weighted by atomic mass is 15.0. The Bertz CT molecular complexity index is 3560. The zero-order valence-corrected chi connectivity index (χ0v) is 28.5. The van der Waals surface area contributed by atoms with Gasteiger partial charge in [-0.25, -0.2) is 15.0 Å². The van der Waals surface area contributed by atoms with Gasteiger partial charge in [-0.15, -0.1) is 0 Å². The van der Waals surface area contributed by atoms with Gasteiger partial charge in [0.25, 0.3) is 0 Å². The first-order valence-electron chi connectivity index (χ1n) is 22.9. The SMILES string of the molecule is [2H]c1c([2H])c([2H])c2c(c1[2H])c1c([2H])c([2H])c([2H])c([2H])c1c1c([2H])c(-c3cccc(-c4cccc(-c5nc(-c6ccccc6)nc(-c6ccc(-c7ccccc7)cc6)n5)c4)c3)c([2H])c([2H])c21. The molecule has 0 unspecified atom stereocenters. The lowest BCUT2D eigenvalue weighted by Crippen LogP contribution is -2.00. The molecule has 0 N–H and O–H groups in total. The molecule has 3 nitrogen and oxygen atoms in total. The lowest BCUT2D eigenvalue weighted by Gasteiger charge is -2.13. The van der Waals surface area contributed by atoms with Crippen LogP contribution in [-0.2, 0) is 0 Å². The molecule has 0 aliphatic heterocycles. The molecule has 9 aromatic carbocycles. The first kappa shape index (κ1) is 22.0. The number of aromatic nitrogens is 3. The molecule has 54 heavy (non-hydrogen) atoms. The van der Waals surface area contributed by atoms with Gasteiger partial charge in [0.1, 0.15) is 0 Å². The van der Waals surface area contributed by atoms with Crippen molar-refractivity contribution >= 4 is 32.3 Å². The highest BCUT2D eigenvalue weighted by Gasteiger charge is 2.14. The minimum atomic E-state index is -0.613. The van der Waals surface area contributed by atoms with E-state index in [2.05, 4.69) is 12.1 Å². The average Bonchev–Trinajstić information content (AvgIpc) is 3.35. The molecule has 10 aromatic rings. The third-order valence-corrected chi connectivity index (χ3v) is 9.46. The van der Waals surface area contributed by atoms with E-state index in [4.69, 9.17) is 25.9 Å². The van der Waals surface area contributed by atoms with Gasteiger partial charge in [0.05, 0.1) is 15.1 Å². The van der Waals surface area contributed by atoms with Gasteiger partial charge in [0.2, 0.25) is 0 Å². The van der Waals surface area contributed by atoms with Crippen molar-refractivity contribution in [3.8, 4) is 67.5 Å². The topological polar surface area (TPSA) is 38.7 Å². The van der Waals surface area contributed by atoms with Crippen molar-refractivity contribution in [3.05, 3.63) is 200 Å². The van der Waals surface area contributed by atoms with Crippen molar-refractivity contribution in [2.24, 2.45) is 0 Å². The predicted molar refractivity (Wildman–Crippen MR) is 225 cm³/mol. The predicted octanol–water partition coefficient (Wildman–Crippen LogP) is 13.3. The second kappa shape index (κ2) is 13.4. The molecule has 10 rings (SSSR count). The van der Waals surface area contributed by atoms with E-state index in [1.807, 2.05) is 103 Å². The first-order chi connectivity index (χ1) is 31.3. The highest BCUT2D eigenvalue weighted by Crippen LogP contribution is 2.38. The van der Waals surface area contributed by atoms with Crippen LogP contribution < -0.4 is 0 Å². The van der Waals surface area contributed by atoms with E-state index in [1.54, 1.807) is 18.2 Å². The number of nitrogens with zero attached hydrogens (tertiary/aromatic N) is 3. The summed E-state index contributed by atoms with van der Waals surface area (Å²) in [4.78, 5) is 14.8. The number of fused-ring (bicyclic) bond motifs is 6. The van der Waals surface area contributed by atoms with Crippen molar-refractivity contribution in [2.45, 2.75) is 0 Å². The van der Waals surface area contributed by atoms with Crippen molar-refractivity contribution in [2.75, 3.05) is 0 Å². The summed E-state index contributed by atoms with van der Waals surface area (Å²) in [5.74, 6) is 1.44. The lowest BCUT2D eigenvalue weighted by atomic mass is 9.91. The Labute approximate surface area is 329 Å². The van der Waals surface area contributed by atoms with Crippen LogP contribution in [-0.4, -0.2) is 15.0 Å². The third kappa shape index (κ3) is 5.78. The van der Waals surface area contributed by atoms with E-state index < -0.39 is 54.4 Å². The third-order valence-electron chi connectivity index (χ3n) is 9.46. The maximum atomic E-state index is 9.67. The largest absolute Gasteiger partial charge is 0.208 e. The molecule has 0 spiro atoms. The van der Waals surface area contributed by atoms with Gasteiger partial charge in [-0.1, -0.05) is 182 Å². The van der Waals surface area contributed by atoms with Gasteiger partial charge >= 0.3 is 0 Å². The molecule has 3 heteroatoms. The average molecular weight is 699 g/mol. The Morgan fingerprint density at radius 2 is 0.648 bits per heavy atom. The molecule has 0 aliphatic rings. The van der Waals surface area contributed by atoms with Crippen LogP contribution in [0.3, 0.4) is 0 Å². The monoisotopic (exact) mass is 698 g/mol. The maximum absolute atomic E-state index is 9.67. The summed E-state index contributed by atoms with van der Waals surface area (Å²) in [6.45, 7) is 0. The van der Waals surface area contributed by atoms with E-state index in [9.17, 15) is 4.11 Å². The van der Waals surface area contributed by atoms with Gasteiger partial charge in [0, 0.05) is 16.7 Å². The van der Waals surface area contributed by atoms with Gasteiger partial charge < -0.3 is 0 Å². The van der Waals surface area contributed by atoms with Crippen LogP contribution in [0.4, 0.5) is 0 Å². The molecule has 1 heterocycles. The fourth-order valence-corrected chi connectivity index (χ4v) is 6.79. The smallest absolute Gasteiger partial charge is 0.164 e. The minimum absolute atomic E-state index is 0.0160. The Balaban J connectivity index is 1.14. The molecule has 0 saturated heterocycles. The molecular formula is C51H33N3. The first-order valence-corrected chi connectivity index (χ1v) is 17.4. The summed E-state index contributed by atoms with van der Waals surface area (Å²) >= 11 is 0. The minimum Gasteiger partial charge on any atom is -0.208 e. The molecule has 0 amide bonds. The van der Waals surface area contributed by atoms with Crippen LogP contribution >= 0.6 is 0 Å². The summed E-state index contributed by atoms with van der Waals surface area (Å²) in [5.41, 5.74) is 6.34. The molecular weight excluding hydrogens is 655 g/mol. The Kier molecular flexibility index (Phi) is 5.45. The molecule has 0 fully saturated rings. The van der Waals surface area contributed by atoms with Crippen molar-refractivity contribution in [3.63, 3.8) is 0 Å². The van der Waals surface area contributed by atoms with Gasteiger partial charge in [-0.05, 0) is 83.9 Å². The van der Waals surface area contributed by atoms with E-state index in [1.165, 1.54) is 0 Å². The standard InChI is InChI=1S/C51H33N3/c1-3-13-34(14-4-1)35-25-27-37(28-26-35)50-52-49(36-15-5-2-6-16-36)53-51(54-50)42-20-12-19-40(32-42)38-17-11-18-39(31-38)41-29-30-47-45-23-8-7-21-43(45)44-22-9-10-24-46(44)48(47)33-41/h1-33H/i7D,8D,9D,10D,21D,22D,23D,24D,29D,30D,33D. The summed E-state index contributed by atoms with van der Waals surface area (Å²) in [6.07, 6.45) is 0. The fourth-order valence-electron chi connectivity index (χ4n) is 6.79. The zero-order chi connectivity index (χ0) is 45.4. The maximum Gasteiger partial charge on any atom is 0.164 e. The number of benzene rings is 9. The van der Waals surface area contributed by atoms with Crippen LogP contribution in [0, 0.1) is 0 Å². The van der Waals surface area contributed by atoms with Crippen LogP contribution in [0.25, 0.3) is 99.9 Å². The van der Waals surface area contributed by atoms with Crippen molar-refractivity contribution < 1.29 is 15.1 Å². The molecule has 0 radical (unpaired) electrons. The number of rotatable bonds is 6. The summed E-state index contributed by atoms with van der Waals surface area (Å²) < 4.78 is 97.9. The van der Waals surface area contributed by atoms with Gasteiger partial charge in [-0.3, -0.25) is 0 Å². The Morgan fingerprint density at radius 1 is 0.278 bits per heavy atom. The van der Waals surface area contributed by atoms with E-state index in [0.29, 0.717) is 34.2 Å². The molecule has 252 valence electrons. The van der Waals surface area contributed by atoms with Gasteiger partial charge in [0.15, 0.2) is 17.5 Å². The summed E-state index contributed by atoms with van der Waals surface area (Å²) in [5, 5.41) is -1.00. The molecule has 1 aromatic heterocycles. The molecule has 0 saturated carbocycles. The second-order valence-corrected chi connectivity index (χ2v) is 12.8. The Morgan fingerprint density at radius 3 is 1.22 bits per heavy atom. The summed E-state index contributed by atoms with van der Waals surface area (Å²) in [6, 6.07) is 36.9. The second-order valence-electron chi connectivity index (χ2n) is 12.8. The van der Waals surface area contributed by atoms with Crippen LogP contribution in [0.5, 0.6) is 0 Å². The highest BCUT2D eigenvalue weighted by molar-refractivity contribution is 6.25. The Hall–Kier alpha value is -7.23. The zero-order valence-electron chi connectivity index (χ0n) is 39.5. The van der Waals surface area contributed by atoms with Gasteiger partial charge in [-0.2, -0.15) is 0 Å². The number of hydrogen-bond acceptors (Lipinski definition) is 3.